The summed E-state index contributed by atoms with van der Waals surface area (Å²) in [6.45, 7) is 5.60. The molecule has 4 aromatic rings. The first-order valence-electron chi connectivity index (χ1n) is 10.0. The Balaban J connectivity index is 1.37. The first-order valence-corrected chi connectivity index (χ1v) is 11.5. The van der Waals surface area contributed by atoms with Crippen molar-refractivity contribution in [2.45, 2.75) is 18.7 Å². The SMILES string of the molecule is Cc1ccc(C)c(S(=O)(=O)N2CCN(c3ccc4nnc(-c5ccco5)n4n3)CC2)c1. The fourth-order valence-corrected chi connectivity index (χ4v) is 5.52. The lowest BCUT2D eigenvalue weighted by atomic mass is 10.2. The highest BCUT2D eigenvalue weighted by atomic mass is 32.2. The van der Waals surface area contributed by atoms with E-state index in [1.54, 1.807) is 27.2 Å². The molecule has 1 aromatic carbocycles. The van der Waals surface area contributed by atoms with Crippen LogP contribution >= 0.6 is 0 Å². The Bertz CT molecular complexity index is 1340. The van der Waals surface area contributed by atoms with Gasteiger partial charge in [-0.3, -0.25) is 0 Å². The Morgan fingerprint density at radius 2 is 1.77 bits per heavy atom. The van der Waals surface area contributed by atoms with Crippen LogP contribution in [0, 0.1) is 13.8 Å². The number of aryl methyl sites for hydroxylation is 2. The summed E-state index contributed by atoms with van der Waals surface area (Å²) in [5.41, 5.74) is 2.31. The molecule has 0 unspecified atom stereocenters. The van der Waals surface area contributed by atoms with Crippen LogP contribution in [0.25, 0.3) is 17.2 Å². The van der Waals surface area contributed by atoms with Gasteiger partial charge in [-0.25, -0.2) is 8.42 Å². The number of anilines is 1. The van der Waals surface area contributed by atoms with Crippen LogP contribution in [0.5, 0.6) is 0 Å². The van der Waals surface area contributed by atoms with Gasteiger partial charge in [-0.1, -0.05) is 12.1 Å². The summed E-state index contributed by atoms with van der Waals surface area (Å²) in [6.07, 6.45) is 1.58. The summed E-state index contributed by atoms with van der Waals surface area (Å²) in [5, 5.41) is 13.0. The normalized spacial score (nSPS) is 15.6. The molecule has 9 nitrogen and oxygen atoms in total. The van der Waals surface area contributed by atoms with E-state index < -0.39 is 10.0 Å². The zero-order chi connectivity index (χ0) is 21.6. The number of rotatable bonds is 4. The predicted octanol–water partition coefficient (Wildman–Crippen LogP) is 2.51. The summed E-state index contributed by atoms with van der Waals surface area (Å²) in [5.74, 6) is 1.85. The van der Waals surface area contributed by atoms with Crippen LogP contribution < -0.4 is 4.90 Å². The van der Waals surface area contributed by atoms with Crippen molar-refractivity contribution in [2.24, 2.45) is 0 Å². The molecule has 160 valence electrons. The minimum Gasteiger partial charge on any atom is -0.461 e. The monoisotopic (exact) mass is 438 g/mol. The van der Waals surface area contributed by atoms with Gasteiger partial charge in [-0.05, 0) is 55.3 Å². The molecule has 31 heavy (non-hydrogen) atoms. The van der Waals surface area contributed by atoms with Gasteiger partial charge in [0.25, 0.3) is 0 Å². The van der Waals surface area contributed by atoms with Gasteiger partial charge < -0.3 is 9.32 Å². The molecule has 5 rings (SSSR count). The van der Waals surface area contributed by atoms with E-state index in [1.807, 2.05) is 44.2 Å². The largest absolute Gasteiger partial charge is 0.461 e. The number of fused-ring (bicyclic) bond motifs is 1. The smallest absolute Gasteiger partial charge is 0.243 e. The van der Waals surface area contributed by atoms with Gasteiger partial charge in [0, 0.05) is 26.2 Å². The molecular formula is C21H22N6O3S. The van der Waals surface area contributed by atoms with E-state index in [0.717, 1.165) is 16.9 Å². The highest BCUT2D eigenvalue weighted by molar-refractivity contribution is 7.89. The van der Waals surface area contributed by atoms with Crippen molar-refractivity contribution in [1.82, 2.24) is 24.1 Å². The van der Waals surface area contributed by atoms with E-state index >= 15 is 0 Å². The Kier molecular flexibility index (Phi) is 4.75. The molecule has 0 amide bonds. The van der Waals surface area contributed by atoms with Crippen molar-refractivity contribution in [3.63, 3.8) is 0 Å². The van der Waals surface area contributed by atoms with Gasteiger partial charge >= 0.3 is 0 Å². The molecule has 3 aromatic heterocycles. The molecule has 0 radical (unpaired) electrons. The van der Waals surface area contributed by atoms with Gasteiger partial charge in [0.1, 0.15) is 5.82 Å². The fourth-order valence-electron chi connectivity index (χ4n) is 3.79. The molecule has 0 bridgehead atoms. The first kappa shape index (κ1) is 19.7. The molecule has 0 spiro atoms. The first-order chi connectivity index (χ1) is 14.9. The zero-order valence-corrected chi connectivity index (χ0v) is 18.1. The maximum atomic E-state index is 13.2. The van der Waals surface area contributed by atoms with Crippen LogP contribution in [0.3, 0.4) is 0 Å². The lowest BCUT2D eigenvalue weighted by Crippen LogP contribution is -2.49. The molecule has 1 saturated heterocycles. The lowest BCUT2D eigenvalue weighted by Gasteiger charge is -2.34. The highest BCUT2D eigenvalue weighted by Crippen LogP contribution is 2.24. The average Bonchev–Trinajstić information content (AvgIpc) is 3.44. The Morgan fingerprint density at radius 3 is 2.52 bits per heavy atom. The molecule has 1 aliphatic rings. The highest BCUT2D eigenvalue weighted by Gasteiger charge is 2.30. The maximum absolute atomic E-state index is 13.2. The fraction of sp³-hybridized carbons (Fsp3) is 0.286. The van der Waals surface area contributed by atoms with Crippen molar-refractivity contribution in [3.8, 4) is 11.6 Å². The summed E-state index contributed by atoms with van der Waals surface area (Å²) in [7, 11) is -3.53. The second-order valence-electron chi connectivity index (χ2n) is 7.62. The van der Waals surface area contributed by atoms with Crippen molar-refractivity contribution >= 4 is 21.5 Å². The van der Waals surface area contributed by atoms with Crippen LogP contribution in [-0.4, -0.2) is 58.7 Å². The van der Waals surface area contributed by atoms with E-state index in [2.05, 4.69) is 20.2 Å². The second kappa shape index (κ2) is 7.47. The number of benzene rings is 1. The van der Waals surface area contributed by atoms with E-state index in [-0.39, 0.29) is 0 Å². The summed E-state index contributed by atoms with van der Waals surface area (Å²) >= 11 is 0. The molecule has 0 saturated carbocycles. The van der Waals surface area contributed by atoms with Crippen LogP contribution in [0.15, 0.2) is 58.0 Å². The van der Waals surface area contributed by atoms with Gasteiger partial charge in [-0.2, -0.15) is 8.82 Å². The second-order valence-corrected chi connectivity index (χ2v) is 9.53. The van der Waals surface area contributed by atoms with Gasteiger partial charge in [0.2, 0.25) is 15.8 Å². The number of furan rings is 1. The quantitative estimate of drug-likeness (QED) is 0.483. The lowest BCUT2D eigenvalue weighted by molar-refractivity contribution is 0.383. The zero-order valence-electron chi connectivity index (χ0n) is 17.3. The van der Waals surface area contributed by atoms with E-state index in [1.165, 1.54) is 0 Å². The number of aromatic nitrogens is 4. The number of hydrogen-bond acceptors (Lipinski definition) is 7. The van der Waals surface area contributed by atoms with Crippen LogP contribution in [0.4, 0.5) is 5.82 Å². The predicted molar refractivity (Wildman–Crippen MR) is 115 cm³/mol. The van der Waals surface area contributed by atoms with Crippen molar-refractivity contribution in [1.29, 1.82) is 0 Å². The van der Waals surface area contributed by atoms with E-state index in [4.69, 9.17) is 4.42 Å². The third-order valence-corrected chi connectivity index (χ3v) is 7.56. The number of nitrogens with zero attached hydrogens (tertiary/aromatic N) is 6. The molecule has 1 fully saturated rings. The van der Waals surface area contributed by atoms with Crippen LogP contribution in [0.2, 0.25) is 0 Å². The van der Waals surface area contributed by atoms with E-state index in [0.29, 0.717) is 48.3 Å². The minimum absolute atomic E-state index is 0.382. The average molecular weight is 439 g/mol. The topological polar surface area (TPSA) is 96.8 Å². The number of sulfonamides is 1. The van der Waals surface area contributed by atoms with Crippen LogP contribution in [-0.2, 0) is 10.0 Å². The van der Waals surface area contributed by atoms with Gasteiger partial charge in [0.05, 0.1) is 11.2 Å². The maximum Gasteiger partial charge on any atom is 0.243 e. The van der Waals surface area contributed by atoms with Crippen molar-refractivity contribution in [2.75, 3.05) is 31.1 Å². The number of piperazine rings is 1. The number of hydrogen-bond donors (Lipinski definition) is 0. The van der Waals surface area contributed by atoms with Crippen molar-refractivity contribution < 1.29 is 12.8 Å². The Morgan fingerprint density at radius 1 is 0.968 bits per heavy atom. The Labute approximate surface area is 180 Å². The molecule has 1 aliphatic heterocycles. The van der Waals surface area contributed by atoms with Gasteiger partial charge in [-0.15, -0.1) is 15.3 Å². The molecule has 0 N–H and O–H groups in total. The standard InChI is InChI=1S/C21H22N6O3S/c1-15-5-6-16(2)18(14-15)31(28,29)26-11-9-25(10-12-26)20-8-7-19-22-23-21(27(19)24-20)17-4-3-13-30-17/h3-8,13-14H,9-12H2,1-2H3. The minimum atomic E-state index is -3.53. The molecule has 0 atom stereocenters. The summed E-state index contributed by atoms with van der Waals surface area (Å²) < 4.78 is 35.0. The van der Waals surface area contributed by atoms with Crippen molar-refractivity contribution in [3.05, 3.63) is 59.9 Å². The summed E-state index contributed by atoms with van der Waals surface area (Å²) in [4.78, 5) is 2.45. The van der Waals surface area contributed by atoms with E-state index in [9.17, 15) is 8.42 Å². The van der Waals surface area contributed by atoms with Crippen LogP contribution in [0.1, 0.15) is 11.1 Å². The summed E-state index contributed by atoms with van der Waals surface area (Å²) in [6, 6.07) is 12.8. The Hall–Kier alpha value is -3.24. The molecule has 10 heteroatoms. The molecule has 0 aliphatic carbocycles. The third kappa shape index (κ3) is 3.47. The molecular weight excluding hydrogens is 416 g/mol. The third-order valence-electron chi connectivity index (χ3n) is 5.51. The van der Waals surface area contributed by atoms with Gasteiger partial charge in [0.15, 0.2) is 11.4 Å². The molecule has 4 heterocycles.